The molecule has 0 bridgehead atoms. The van der Waals surface area contributed by atoms with E-state index in [-0.39, 0.29) is 30.4 Å². The van der Waals surface area contributed by atoms with Gasteiger partial charge in [-0.25, -0.2) is 9.97 Å². The van der Waals surface area contributed by atoms with Crippen molar-refractivity contribution in [3.8, 4) is 0 Å². The molecule has 2 N–H and O–H groups in total. The Kier molecular flexibility index (Phi) is 6.54. The maximum atomic E-state index is 12.6. The van der Waals surface area contributed by atoms with Gasteiger partial charge in [-0.3, -0.25) is 4.79 Å². The quantitative estimate of drug-likeness (QED) is 0.830. The van der Waals surface area contributed by atoms with Gasteiger partial charge < -0.3 is 15.3 Å². The second kappa shape index (κ2) is 8.42. The van der Waals surface area contributed by atoms with Crippen molar-refractivity contribution in [1.82, 2.24) is 15.3 Å². The molecule has 6 nitrogen and oxygen atoms in total. The SMILES string of the molecule is CC[C@@H](C)[C@@H](CO)NC(=O)[C@@H]1CCCN(c2nc(C)cc(C)n2)C1. The Labute approximate surface area is 144 Å². The van der Waals surface area contributed by atoms with Crippen LogP contribution in [0.1, 0.15) is 44.5 Å². The lowest BCUT2D eigenvalue weighted by Crippen LogP contribution is -2.49. The average molecular weight is 334 g/mol. The van der Waals surface area contributed by atoms with E-state index < -0.39 is 0 Å². The van der Waals surface area contributed by atoms with E-state index in [0.29, 0.717) is 12.5 Å². The van der Waals surface area contributed by atoms with Gasteiger partial charge in [-0.15, -0.1) is 0 Å². The van der Waals surface area contributed by atoms with E-state index in [1.165, 1.54) is 0 Å². The van der Waals surface area contributed by atoms with Crippen molar-refractivity contribution in [3.05, 3.63) is 17.5 Å². The summed E-state index contributed by atoms with van der Waals surface area (Å²) in [4.78, 5) is 23.7. The van der Waals surface area contributed by atoms with Crippen LogP contribution < -0.4 is 10.2 Å². The Morgan fingerprint density at radius 1 is 1.42 bits per heavy atom. The number of nitrogens with zero attached hydrogens (tertiary/aromatic N) is 3. The molecule has 0 unspecified atom stereocenters. The van der Waals surface area contributed by atoms with Crippen molar-refractivity contribution in [2.24, 2.45) is 11.8 Å². The van der Waals surface area contributed by atoms with Crippen LogP contribution >= 0.6 is 0 Å². The number of hydrogen-bond acceptors (Lipinski definition) is 5. The first kappa shape index (κ1) is 18.6. The summed E-state index contributed by atoms with van der Waals surface area (Å²) in [5.41, 5.74) is 1.89. The number of carbonyl (C=O) groups is 1. The van der Waals surface area contributed by atoms with Crippen molar-refractivity contribution in [1.29, 1.82) is 0 Å². The molecule has 0 spiro atoms. The summed E-state index contributed by atoms with van der Waals surface area (Å²) >= 11 is 0. The normalized spacial score (nSPS) is 20.5. The van der Waals surface area contributed by atoms with Crippen molar-refractivity contribution in [3.63, 3.8) is 0 Å². The third-order valence-electron chi connectivity index (χ3n) is 4.90. The van der Waals surface area contributed by atoms with Gasteiger partial charge in [-0.2, -0.15) is 0 Å². The fourth-order valence-electron chi connectivity index (χ4n) is 3.17. The Morgan fingerprint density at radius 2 is 2.08 bits per heavy atom. The van der Waals surface area contributed by atoms with Crippen LogP contribution in [-0.4, -0.2) is 46.7 Å². The van der Waals surface area contributed by atoms with E-state index in [2.05, 4.69) is 34.0 Å². The minimum atomic E-state index is -0.171. The predicted octanol–water partition coefficient (Wildman–Crippen LogP) is 1.83. The van der Waals surface area contributed by atoms with Gasteiger partial charge in [0.05, 0.1) is 18.6 Å². The molecule has 0 aromatic carbocycles. The lowest BCUT2D eigenvalue weighted by molar-refractivity contribution is -0.126. The van der Waals surface area contributed by atoms with Gasteiger partial charge in [-0.1, -0.05) is 20.3 Å². The first-order chi connectivity index (χ1) is 11.4. The van der Waals surface area contributed by atoms with Crippen molar-refractivity contribution in [2.75, 3.05) is 24.6 Å². The molecule has 2 heterocycles. The fraction of sp³-hybridized carbons (Fsp3) is 0.722. The van der Waals surface area contributed by atoms with Gasteiger partial charge in [-0.05, 0) is 38.7 Å². The average Bonchev–Trinajstić information content (AvgIpc) is 2.58. The van der Waals surface area contributed by atoms with Gasteiger partial charge in [0.1, 0.15) is 0 Å². The van der Waals surface area contributed by atoms with Gasteiger partial charge >= 0.3 is 0 Å². The maximum absolute atomic E-state index is 12.6. The second-order valence-corrected chi connectivity index (χ2v) is 6.92. The molecule has 0 radical (unpaired) electrons. The third kappa shape index (κ3) is 4.66. The number of aromatic nitrogens is 2. The summed E-state index contributed by atoms with van der Waals surface area (Å²) in [6.07, 6.45) is 2.74. The molecule has 3 atom stereocenters. The summed E-state index contributed by atoms with van der Waals surface area (Å²) in [5, 5.41) is 12.5. The molecule has 24 heavy (non-hydrogen) atoms. The minimum absolute atomic E-state index is 0.0165. The zero-order chi connectivity index (χ0) is 17.7. The van der Waals surface area contributed by atoms with Gasteiger partial charge in [0.25, 0.3) is 0 Å². The Hall–Kier alpha value is -1.69. The van der Waals surface area contributed by atoms with E-state index >= 15 is 0 Å². The van der Waals surface area contributed by atoms with Crippen LogP contribution in [0.3, 0.4) is 0 Å². The molecule has 1 amide bonds. The number of hydrogen-bond donors (Lipinski definition) is 2. The summed E-state index contributed by atoms with van der Waals surface area (Å²) in [7, 11) is 0. The molecule has 0 aliphatic carbocycles. The van der Waals surface area contributed by atoms with E-state index in [4.69, 9.17) is 0 Å². The van der Waals surface area contributed by atoms with Crippen molar-refractivity contribution >= 4 is 11.9 Å². The highest BCUT2D eigenvalue weighted by molar-refractivity contribution is 5.79. The standard InChI is InChI=1S/C18H30N4O2/c1-5-12(2)16(11-23)21-17(24)15-7-6-8-22(10-15)18-19-13(3)9-14(4)20-18/h9,12,15-16,23H,5-8,10-11H2,1-4H3,(H,21,24)/t12-,15-,16-/m1/s1. The lowest BCUT2D eigenvalue weighted by atomic mass is 9.95. The number of aryl methyl sites for hydroxylation is 2. The summed E-state index contributed by atoms with van der Waals surface area (Å²) in [5.74, 6) is 0.928. The van der Waals surface area contributed by atoms with E-state index in [9.17, 15) is 9.90 Å². The van der Waals surface area contributed by atoms with Crippen LogP contribution in [-0.2, 0) is 4.79 Å². The van der Waals surface area contributed by atoms with E-state index in [0.717, 1.165) is 37.2 Å². The molecule has 1 aliphatic rings. The van der Waals surface area contributed by atoms with Crippen LogP contribution in [0, 0.1) is 25.7 Å². The first-order valence-corrected chi connectivity index (χ1v) is 8.93. The molecule has 1 fully saturated rings. The van der Waals surface area contributed by atoms with E-state index in [1.807, 2.05) is 19.9 Å². The third-order valence-corrected chi connectivity index (χ3v) is 4.90. The zero-order valence-corrected chi connectivity index (χ0v) is 15.2. The maximum Gasteiger partial charge on any atom is 0.225 e. The highest BCUT2D eigenvalue weighted by atomic mass is 16.3. The predicted molar refractivity (Wildman–Crippen MR) is 94.9 cm³/mol. The largest absolute Gasteiger partial charge is 0.394 e. The monoisotopic (exact) mass is 334 g/mol. The Bertz CT molecular complexity index is 544. The fourth-order valence-corrected chi connectivity index (χ4v) is 3.17. The molecule has 6 heteroatoms. The minimum Gasteiger partial charge on any atom is -0.394 e. The number of carbonyl (C=O) groups excluding carboxylic acids is 1. The van der Waals surface area contributed by atoms with Gasteiger partial charge in [0, 0.05) is 24.5 Å². The lowest BCUT2D eigenvalue weighted by Gasteiger charge is -2.33. The summed E-state index contributed by atoms with van der Waals surface area (Å²) < 4.78 is 0. The number of rotatable bonds is 6. The topological polar surface area (TPSA) is 78.4 Å². The summed E-state index contributed by atoms with van der Waals surface area (Å²) in [6.45, 7) is 9.54. The first-order valence-electron chi connectivity index (χ1n) is 8.93. The highest BCUT2D eigenvalue weighted by Crippen LogP contribution is 2.21. The number of aliphatic hydroxyl groups is 1. The molecular formula is C18H30N4O2. The number of amides is 1. The molecule has 1 saturated heterocycles. The van der Waals surface area contributed by atoms with Crippen LogP contribution in [0.25, 0.3) is 0 Å². The molecule has 134 valence electrons. The second-order valence-electron chi connectivity index (χ2n) is 6.92. The number of aliphatic hydroxyl groups excluding tert-OH is 1. The number of nitrogens with one attached hydrogen (secondary N) is 1. The van der Waals surface area contributed by atoms with Gasteiger partial charge in [0.2, 0.25) is 11.9 Å². The smallest absolute Gasteiger partial charge is 0.225 e. The zero-order valence-electron chi connectivity index (χ0n) is 15.2. The summed E-state index contributed by atoms with van der Waals surface area (Å²) in [6, 6.07) is 1.78. The highest BCUT2D eigenvalue weighted by Gasteiger charge is 2.29. The Balaban J connectivity index is 2.03. The van der Waals surface area contributed by atoms with E-state index in [1.54, 1.807) is 0 Å². The van der Waals surface area contributed by atoms with Crippen molar-refractivity contribution < 1.29 is 9.90 Å². The molecule has 1 aliphatic heterocycles. The molecule has 1 aromatic rings. The molecule has 1 aromatic heterocycles. The van der Waals surface area contributed by atoms with Crippen LogP contribution in [0.5, 0.6) is 0 Å². The molecule has 2 rings (SSSR count). The van der Waals surface area contributed by atoms with Crippen LogP contribution in [0.2, 0.25) is 0 Å². The van der Waals surface area contributed by atoms with Crippen molar-refractivity contribution in [2.45, 2.75) is 53.0 Å². The molecule has 0 saturated carbocycles. The number of piperidine rings is 1. The number of anilines is 1. The molecular weight excluding hydrogens is 304 g/mol. The van der Waals surface area contributed by atoms with Crippen LogP contribution in [0.4, 0.5) is 5.95 Å². The Morgan fingerprint density at radius 3 is 2.67 bits per heavy atom. The van der Waals surface area contributed by atoms with Crippen LogP contribution in [0.15, 0.2) is 6.07 Å². The van der Waals surface area contributed by atoms with Gasteiger partial charge in [0.15, 0.2) is 0 Å².